The van der Waals surface area contributed by atoms with E-state index in [1.807, 2.05) is 17.9 Å². The lowest BCUT2D eigenvalue weighted by Gasteiger charge is -2.36. The lowest BCUT2D eigenvalue weighted by molar-refractivity contribution is 0.375. The summed E-state index contributed by atoms with van der Waals surface area (Å²) >= 11 is 0. The molecule has 3 aromatic heterocycles. The summed E-state index contributed by atoms with van der Waals surface area (Å²) in [5, 5.41) is 9.37. The van der Waals surface area contributed by atoms with Crippen LogP contribution in [0.25, 0.3) is 22.3 Å². The molecule has 6 rings (SSSR count). The van der Waals surface area contributed by atoms with Gasteiger partial charge in [-0.2, -0.15) is 5.10 Å². The van der Waals surface area contributed by atoms with Crippen LogP contribution in [-0.4, -0.2) is 58.6 Å². The second kappa shape index (κ2) is 8.56. The third kappa shape index (κ3) is 3.86. The van der Waals surface area contributed by atoms with Gasteiger partial charge in [-0.15, -0.1) is 0 Å². The van der Waals surface area contributed by atoms with Crippen molar-refractivity contribution in [2.45, 2.75) is 18.9 Å². The number of rotatable bonds is 4. The van der Waals surface area contributed by atoms with Crippen molar-refractivity contribution in [2.75, 3.05) is 49.1 Å². The molecule has 1 N–H and O–H groups in total. The molecule has 0 amide bonds. The van der Waals surface area contributed by atoms with Crippen molar-refractivity contribution in [1.82, 2.24) is 24.6 Å². The van der Waals surface area contributed by atoms with E-state index in [4.69, 9.17) is 4.98 Å². The molecule has 0 aliphatic carbocycles. The molecule has 7 heteroatoms. The molecule has 0 unspecified atom stereocenters. The molecule has 0 atom stereocenters. The number of piperazine rings is 1. The van der Waals surface area contributed by atoms with Gasteiger partial charge in [0.05, 0.1) is 5.69 Å². The largest absolute Gasteiger partial charge is 0.368 e. The van der Waals surface area contributed by atoms with Gasteiger partial charge in [0.15, 0.2) is 0 Å². The number of para-hydroxylation sites is 1. The molecular formula is C26H31N7. The van der Waals surface area contributed by atoms with Gasteiger partial charge in [0, 0.05) is 68.3 Å². The van der Waals surface area contributed by atoms with E-state index in [1.54, 1.807) is 0 Å². The Labute approximate surface area is 194 Å². The Morgan fingerprint density at radius 2 is 1.64 bits per heavy atom. The maximum Gasteiger partial charge on any atom is 0.143 e. The Hall–Kier alpha value is -3.32. The lowest BCUT2D eigenvalue weighted by atomic mass is 10.1. The maximum atomic E-state index is 5.24. The Balaban J connectivity index is 1.32. The monoisotopic (exact) mass is 441 g/mol. The van der Waals surface area contributed by atoms with E-state index in [-0.39, 0.29) is 0 Å². The minimum absolute atomic E-state index is 0.476. The number of hydrogen-bond acceptors (Lipinski definition) is 5. The molecule has 5 heterocycles. The number of pyridine rings is 1. The lowest BCUT2D eigenvalue weighted by Crippen LogP contribution is -2.46. The van der Waals surface area contributed by atoms with Gasteiger partial charge < -0.3 is 19.7 Å². The summed E-state index contributed by atoms with van der Waals surface area (Å²) in [7, 11) is 1.97. The number of aromatic nitrogens is 4. The van der Waals surface area contributed by atoms with Crippen LogP contribution >= 0.6 is 0 Å². The normalized spacial score (nSPS) is 17.7. The molecule has 4 aromatic rings. The molecule has 0 radical (unpaired) electrons. The fourth-order valence-corrected chi connectivity index (χ4v) is 5.25. The van der Waals surface area contributed by atoms with Crippen LogP contribution < -0.4 is 15.1 Å². The van der Waals surface area contributed by atoms with E-state index in [0.29, 0.717) is 6.04 Å². The van der Waals surface area contributed by atoms with Crippen LogP contribution in [0.15, 0.2) is 60.9 Å². The highest BCUT2D eigenvalue weighted by molar-refractivity contribution is 5.94. The summed E-state index contributed by atoms with van der Waals surface area (Å²) in [4.78, 5) is 10.1. The van der Waals surface area contributed by atoms with E-state index in [0.717, 1.165) is 69.3 Å². The van der Waals surface area contributed by atoms with Crippen LogP contribution in [0.4, 0.5) is 11.5 Å². The number of nitrogens with zero attached hydrogens (tertiary/aromatic N) is 6. The number of hydrogen-bond donors (Lipinski definition) is 1. The predicted molar refractivity (Wildman–Crippen MR) is 134 cm³/mol. The van der Waals surface area contributed by atoms with Gasteiger partial charge >= 0.3 is 0 Å². The minimum Gasteiger partial charge on any atom is -0.368 e. The quantitative estimate of drug-likeness (QED) is 0.524. The van der Waals surface area contributed by atoms with Crippen LogP contribution in [-0.2, 0) is 7.05 Å². The molecule has 0 spiro atoms. The number of nitrogens with one attached hydrogen (secondary N) is 1. The van der Waals surface area contributed by atoms with Crippen molar-refractivity contribution in [3.8, 4) is 11.3 Å². The molecule has 33 heavy (non-hydrogen) atoms. The van der Waals surface area contributed by atoms with Crippen LogP contribution in [0, 0.1) is 0 Å². The van der Waals surface area contributed by atoms with E-state index >= 15 is 0 Å². The van der Waals surface area contributed by atoms with Crippen molar-refractivity contribution in [3.05, 3.63) is 60.9 Å². The first-order chi connectivity index (χ1) is 16.3. The van der Waals surface area contributed by atoms with Crippen LogP contribution in [0.1, 0.15) is 18.9 Å². The van der Waals surface area contributed by atoms with Gasteiger partial charge in [-0.05, 0) is 56.3 Å². The van der Waals surface area contributed by atoms with E-state index in [1.165, 1.54) is 16.6 Å². The summed E-state index contributed by atoms with van der Waals surface area (Å²) in [5.41, 5.74) is 4.59. The van der Waals surface area contributed by atoms with Crippen molar-refractivity contribution in [3.63, 3.8) is 0 Å². The Kier molecular flexibility index (Phi) is 5.26. The standard InChI is InChI=1S/C26H31N7/c1-30-14-11-24(29-30)23-19-33(21-9-12-27-13-10-21)26-22(23)7-8-25(28-26)32-17-15-31(16-18-32)20-5-3-2-4-6-20/h2-8,11,14,19,21,27H,9-10,12-13,15-18H2,1H3. The highest BCUT2D eigenvalue weighted by atomic mass is 15.3. The number of anilines is 2. The van der Waals surface area contributed by atoms with Crippen molar-refractivity contribution < 1.29 is 0 Å². The molecular weight excluding hydrogens is 410 g/mol. The molecule has 1 aromatic carbocycles. The Morgan fingerprint density at radius 1 is 0.879 bits per heavy atom. The average Bonchev–Trinajstić information content (AvgIpc) is 3.48. The number of benzene rings is 1. The molecule has 0 saturated carbocycles. The van der Waals surface area contributed by atoms with Crippen LogP contribution in [0.3, 0.4) is 0 Å². The van der Waals surface area contributed by atoms with Gasteiger partial charge in [-0.1, -0.05) is 18.2 Å². The van der Waals surface area contributed by atoms with Gasteiger partial charge in [-0.3, -0.25) is 4.68 Å². The SMILES string of the molecule is Cn1ccc(-c2cn(C3CCNCC3)c3nc(N4CCN(c5ccccc5)CC4)ccc23)n1. The number of fused-ring (bicyclic) bond motifs is 1. The van der Waals surface area contributed by atoms with Crippen molar-refractivity contribution in [2.24, 2.45) is 7.05 Å². The fourth-order valence-electron chi connectivity index (χ4n) is 5.25. The number of aryl methyl sites for hydroxylation is 1. The first kappa shape index (κ1) is 20.3. The Bertz CT molecular complexity index is 1230. The third-order valence-corrected chi connectivity index (χ3v) is 7.08. The maximum absolute atomic E-state index is 5.24. The zero-order chi connectivity index (χ0) is 22.2. The fraction of sp³-hybridized carbons (Fsp3) is 0.385. The van der Waals surface area contributed by atoms with Crippen LogP contribution in [0.5, 0.6) is 0 Å². The molecule has 2 fully saturated rings. The van der Waals surface area contributed by atoms with Gasteiger partial charge in [0.25, 0.3) is 0 Å². The summed E-state index contributed by atoms with van der Waals surface area (Å²) in [6.07, 6.45) is 6.56. The zero-order valence-electron chi connectivity index (χ0n) is 19.2. The topological polar surface area (TPSA) is 54.2 Å². The summed E-state index contributed by atoms with van der Waals surface area (Å²) < 4.78 is 4.29. The van der Waals surface area contributed by atoms with Gasteiger partial charge in [-0.25, -0.2) is 4.98 Å². The molecule has 170 valence electrons. The highest BCUT2D eigenvalue weighted by Crippen LogP contribution is 2.34. The van der Waals surface area contributed by atoms with E-state index in [2.05, 4.69) is 79.5 Å². The first-order valence-corrected chi connectivity index (χ1v) is 12.0. The van der Waals surface area contributed by atoms with Crippen molar-refractivity contribution in [1.29, 1.82) is 0 Å². The molecule has 7 nitrogen and oxygen atoms in total. The highest BCUT2D eigenvalue weighted by Gasteiger charge is 2.23. The zero-order valence-corrected chi connectivity index (χ0v) is 19.2. The molecule has 2 saturated heterocycles. The second-order valence-corrected chi connectivity index (χ2v) is 9.16. The minimum atomic E-state index is 0.476. The van der Waals surface area contributed by atoms with Gasteiger partial charge in [0.2, 0.25) is 0 Å². The first-order valence-electron chi connectivity index (χ1n) is 12.0. The van der Waals surface area contributed by atoms with Gasteiger partial charge in [0.1, 0.15) is 11.5 Å². The van der Waals surface area contributed by atoms with E-state index in [9.17, 15) is 0 Å². The molecule has 2 aliphatic rings. The number of piperidine rings is 1. The average molecular weight is 442 g/mol. The summed E-state index contributed by atoms with van der Waals surface area (Å²) in [6, 6.07) is 17.7. The second-order valence-electron chi connectivity index (χ2n) is 9.16. The molecule has 0 bridgehead atoms. The van der Waals surface area contributed by atoms with E-state index < -0.39 is 0 Å². The van der Waals surface area contributed by atoms with Crippen molar-refractivity contribution >= 4 is 22.5 Å². The smallest absolute Gasteiger partial charge is 0.143 e. The third-order valence-electron chi connectivity index (χ3n) is 7.08. The summed E-state index contributed by atoms with van der Waals surface area (Å²) in [5.74, 6) is 1.08. The molecule has 2 aliphatic heterocycles. The predicted octanol–water partition coefficient (Wildman–Crippen LogP) is 3.69. The Morgan fingerprint density at radius 3 is 2.36 bits per heavy atom. The van der Waals surface area contributed by atoms with Crippen LogP contribution in [0.2, 0.25) is 0 Å². The summed E-state index contributed by atoms with van der Waals surface area (Å²) in [6.45, 7) is 6.11.